The van der Waals surface area contributed by atoms with Gasteiger partial charge in [-0.2, -0.15) is 0 Å². The molecule has 2 aromatic rings. The highest BCUT2D eigenvalue weighted by Gasteiger charge is 2.22. The zero-order valence-electron chi connectivity index (χ0n) is 15.3. The molecule has 1 aromatic heterocycles. The van der Waals surface area contributed by atoms with Crippen LogP contribution >= 0.6 is 21.7 Å². The van der Waals surface area contributed by atoms with E-state index in [9.17, 15) is 0 Å². The van der Waals surface area contributed by atoms with Crippen LogP contribution in [0.3, 0.4) is 0 Å². The third kappa shape index (κ3) is 5.14. The minimum atomic E-state index is 0.0588. The van der Waals surface area contributed by atoms with Crippen LogP contribution in [0.4, 0.5) is 0 Å². The number of hydrogen-bond donors (Lipinski definition) is 0. The summed E-state index contributed by atoms with van der Waals surface area (Å²) in [5.41, 5.74) is 2.28. The van der Waals surface area contributed by atoms with E-state index in [4.69, 9.17) is 20.4 Å². The lowest BCUT2D eigenvalue weighted by molar-refractivity contribution is 0.144. The van der Waals surface area contributed by atoms with Gasteiger partial charge in [0.1, 0.15) is 5.82 Å². The average molecular weight is 369 g/mol. The van der Waals surface area contributed by atoms with Gasteiger partial charge in [-0.05, 0) is 59.6 Å². The molecule has 3 rings (SSSR count). The van der Waals surface area contributed by atoms with Crippen molar-refractivity contribution in [2.24, 2.45) is 0 Å². The van der Waals surface area contributed by atoms with E-state index >= 15 is 0 Å². The second-order valence-corrected chi connectivity index (χ2v) is 8.27. The van der Waals surface area contributed by atoms with Crippen LogP contribution in [0.15, 0.2) is 23.1 Å². The van der Waals surface area contributed by atoms with Gasteiger partial charge in [-0.3, -0.25) is 0 Å². The fraction of sp³-hybridized carbons (Fsp3) is 0.632. The summed E-state index contributed by atoms with van der Waals surface area (Å²) in [6.07, 6.45) is 5.31. The number of imidazole rings is 1. The Bertz CT molecular complexity index is 629. The molecule has 1 aliphatic heterocycles. The van der Waals surface area contributed by atoms with Crippen molar-refractivity contribution in [3.05, 3.63) is 24.0 Å². The molecule has 0 radical (unpaired) electrons. The van der Waals surface area contributed by atoms with Gasteiger partial charge in [-0.25, -0.2) is 4.98 Å². The van der Waals surface area contributed by atoms with Crippen LogP contribution in [-0.2, 0) is 16.7 Å². The number of aromatic nitrogens is 2. The van der Waals surface area contributed by atoms with Crippen LogP contribution in [0, 0.1) is 0 Å². The second-order valence-electron chi connectivity index (χ2n) is 7.18. The summed E-state index contributed by atoms with van der Waals surface area (Å²) < 4.78 is 7.47. The summed E-state index contributed by atoms with van der Waals surface area (Å²) in [6, 6.07) is 6.19. The summed E-state index contributed by atoms with van der Waals surface area (Å²) in [4.78, 5) is 5.80. The first-order chi connectivity index (χ1) is 11.5. The fourth-order valence-electron chi connectivity index (χ4n) is 2.91. The zero-order valence-corrected chi connectivity index (χ0v) is 16.8. The van der Waals surface area contributed by atoms with Crippen molar-refractivity contribution >= 4 is 32.7 Å². The predicted molar refractivity (Wildman–Crippen MR) is 105 cm³/mol. The minimum absolute atomic E-state index is 0.0588. The van der Waals surface area contributed by atoms with Crippen molar-refractivity contribution in [3.8, 4) is 0 Å². The van der Waals surface area contributed by atoms with Gasteiger partial charge in [0, 0.05) is 30.1 Å². The molecule has 1 fully saturated rings. The maximum absolute atomic E-state index is 5.78. The standard InChI is InChI=1S/C13H17ClN2S.C6H12O/c1-5-16-11-7-6-9(17-14)8-10(11)15-12(16)13(2,3)4;1-2-4-6-7-5-3-1/h6-8H,5H2,1-4H3;1-6H2. The van der Waals surface area contributed by atoms with E-state index in [1.54, 1.807) is 0 Å². The van der Waals surface area contributed by atoms with Gasteiger partial charge in [0.05, 0.1) is 11.0 Å². The van der Waals surface area contributed by atoms with Gasteiger partial charge in [0.2, 0.25) is 0 Å². The van der Waals surface area contributed by atoms with E-state index in [0.717, 1.165) is 36.0 Å². The Morgan fingerprint density at radius 1 is 1.17 bits per heavy atom. The van der Waals surface area contributed by atoms with Crippen molar-refractivity contribution in [3.63, 3.8) is 0 Å². The fourth-order valence-corrected chi connectivity index (χ4v) is 3.48. The van der Waals surface area contributed by atoms with Crippen LogP contribution in [0.25, 0.3) is 11.0 Å². The van der Waals surface area contributed by atoms with E-state index in [2.05, 4.69) is 44.4 Å². The highest BCUT2D eigenvalue weighted by atomic mass is 35.7. The van der Waals surface area contributed by atoms with Crippen LogP contribution in [0.5, 0.6) is 0 Å². The average Bonchev–Trinajstić information content (AvgIpc) is 2.73. The van der Waals surface area contributed by atoms with Crippen molar-refractivity contribution < 1.29 is 4.74 Å². The summed E-state index contributed by atoms with van der Waals surface area (Å²) in [5.74, 6) is 1.13. The Hall–Kier alpha value is -0.710. The SMILES string of the molecule is C1CCCOCC1.CCn1c(C(C)(C)C)nc2cc(SCl)ccc21. The zero-order chi connectivity index (χ0) is 17.6. The Labute approximate surface area is 154 Å². The highest BCUT2D eigenvalue weighted by Crippen LogP contribution is 2.30. The molecule has 0 saturated carbocycles. The van der Waals surface area contributed by atoms with Crippen molar-refractivity contribution in [2.75, 3.05) is 13.2 Å². The Morgan fingerprint density at radius 3 is 2.38 bits per heavy atom. The molecule has 24 heavy (non-hydrogen) atoms. The number of fused-ring (bicyclic) bond motifs is 1. The molecule has 1 aliphatic rings. The van der Waals surface area contributed by atoms with Crippen LogP contribution < -0.4 is 0 Å². The summed E-state index contributed by atoms with van der Waals surface area (Å²) in [7, 11) is 7.02. The lowest BCUT2D eigenvalue weighted by atomic mass is 9.96. The van der Waals surface area contributed by atoms with Gasteiger partial charge in [-0.15, -0.1) is 0 Å². The van der Waals surface area contributed by atoms with E-state index in [1.807, 2.05) is 6.07 Å². The molecule has 0 aliphatic carbocycles. The Balaban J connectivity index is 0.000000249. The topological polar surface area (TPSA) is 27.1 Å². The molecule has 134 valence electrons. The molecular formula is C19H29ClN2OS. The van der Waals surface area contributed by atoms with Gasteiger partial charge < -0.3 is 9.30 Å². The first-order valence-electron chi connectivity index (χ1n) is 8.84. The molecule has 0 N–H and O–H groups in total. The van der Waals surface area contributed by atoms with Gasteiger partial charge in [0.15, 0.2) is 0 Å². The molecular weight excluding hydrogens is 340 g/mol. The Morgan fingerprint density at radius 2 is 1.83 bits per heavy atom. The summed E-state index contributed by atoms with van der Waals surface area (Å²) >= 11 is 0. The molecule has 0 atom stereocenters. The number of hydrogen-bond acceptors (Lipinski definition) is 3. The second kappa shape index (κ2) is 9.12. The first-order valence-corrected chi connectivity index (χ1v) is 10.5. The summed E-state index contributed by atoms with van der Waals surface area (Å²) in [5, 5.41) is 0. The van der Waals surface area contributed by atoms with Crippen LogP contribution in [0.2, 0.25) is 0 Å². The molecule has 1 saturated heterocycles. The van der Waals surface area contributed by atoms with E-state index < -0.39 is 0 Å². The lowest BCUT2D eigenvalue weighted by Gasteiger charge is -2.19. The molecule has 5 heteroatoms. The monoisotopic (exact) mass is 368 g/mol. The number of rotatable bonds is 2. The normalized spacial score (nSPS) is 15.7. The van der Waals surface area contributed by atoms with Gasteiger partial charge in [0.25, 0.3) is 0 Å². The molecule has 0 amide bonds. The van der Waals surface area contributed by atoms with Crippen LogP contribution in [-0.4, -0.2) is 22.8 Å². The number of benzene rings is 1. The Kier molecular flexibility index (Phi) is 7.45. The third-order valence-electron chi connectivity index (χ3n) is 4.12. The molecule has 0 spiro atoms. The third-order valence-corrected chi connectivity index (χ3v) is 5.09. The molecule has 1 aromatic carbocycles. The molecule has 2 heterocycles. The maximum atomic E-state index is 5.78. The largest absolute Gasteiger partial charge is 0.381 e. The first kappa shape index (κ1) is 19.6. The number of nitrogens with zero attached hydrogens (tertiary/aromatic N) is 2. The maximum Gasteiger partial charge on any atom is 0.115 e. The smallest absolute Gasteiger partial charge is 0.115 e. The lowest BCUT2D eigenvalue weighted by Crippen LogP contribution is -2.18. The number of aryl methyl sites for hydroxylation is 1. The number of ether oxygens (including phenoxy) is 1. The van der Waals surface area contributed by atoms with E-state index in [0.29, 0.717) is 0 Å². The summed E-state index contributed by atoms with van der Waals surface area (Å²) in [6.45, 7) is 11.7. The quantitative estimate of drug-likeness (QED) is 0.633. The van der Waals surface area contributed by atoms with Gasteiger partial charge >= 0.3 is 0 Å². The van der Waals surface area contributed by atoms with Crippen LogP contribution in [0.1, 0.15) is 59.2 Å². The highest BCUT2D eigenvalue weighted by molar-refractivity contribution is 8.21. The minimum Gasteiger partial charge on any atom is -0.381 e. The molecule has 0 unspecified atom stereocenters. The number of halogens is 1. The van der Waals surface area contributed by atoms with E-state index in [-0.39, 0.29) is 5.41 Å². The predicted octanol–water partition coefficient (Wildman–Crippen LogP) is 6.18. The molecule has 0 bridgehead atoms. The van der Waals surface area contributed by atoms with E-state index in [1.165, 1.54) is 42.2 Å². The van der Waals surface area contributed by atoms with Crippen molar-refractivity contribution in [1.82, 2.24) is 9.55 Å². The van der Waals surface area contributed by atoms with Gasteiger partial charge in [-0.1, -0.05) is 33.6 Å². The van der Waals surface area contributed by atoms with Crippen molar-refractivity contribution in [1.29, 1.82) is 0 Å². The molecule has 3 nitrogen and oxygen atoms in total. The van der Waals surface area contributed by atoms with Crippen molar-refractivity contribution in [2.45, 2.75) is 70.2 Å².